The number of alkyl halides is 1. The summed E-state index contributed by atoms with van der Waals surface area (Å²) in [5, 5.41) is 0.324. The summed E-state index contributed by atoms with van der Waals surface area (Å²) >= 11 is 6.25. The van der Waals surface area contributed by atoms with Gasteiger partial charge in [-0.3, -0.25) is 0 Å². The summed E-state index contributed by atoms with van der Waals surface area (Å²) in [5.41, 5.74) is 2.85. The van der Waals surface area contributed by atoms with E-state index in [1.807, 2.05) is 0 Å². The van der Waals surface area contributed by atoms with Crippen LogP contribution in [0.2, 0.25) is 0 Å². The van der Waals surface area contributed by atoms with Gasteiger partial charge in [-0.05, 0) is 42.2 Å². The zero-order valence-electron chi connectivity index (χ0n) is 11.5. The van der Waals surface area contributed by atoms with Crippen molar-refractivity contribution < 1.29 is 0 Å². The van der Waals surface area contributed by atoms with Crippen LogP contribution in [0.3, 0.4) is 0 Å². The summed E-state index contributed by atoms with van der Waals surface area (Å²) in [4.78, 5) is 0. The number of hydrogen-bond acceptors (Lipinski definition) is 0. The van der Waals surface area contributed by atoms with E-state index < -0.39 is 0 Å². The third-order valence-electron chi connectivity index (χ3n) is 3.32. The lowest BCUT2D eigenvalue weighted by molar-refractivity contribution is 0.547. The monoisotopic (exact) mass is 252 g/mol. The SMILES string of the molecule is CC(C)c1ccc(CCCC(Cl)C(C)C)cc1. The first-order valence-electron chi connectivity index (χ1n) is 6.73. The molecule has 0 nitrogen and oxygen atoms in total. The predicted octanol–water partition coefficient (Wildman–Crippen LogP) is 5.40. The molecule has 0 amide bonds. The maximum absolute atomic E-state index is 6.25. The highest BCUT2D eigenvalue weighted by Gasteiger charge is 2.08. The molecular weight excluding hydrogens is 228 g/mol. The van der Waals surface area contributed by atoms with E-state index in [0.717, 1.165) is 12.8 Å². The Balaban J connectivity index is 2.37. The summed E-state index contributed by atoms with van der Waals surface area (Å²) in [5.74, 6) is 1.21. The molecule has 0 fully saturated rings. The minimum absolute atomic E-state index is 0.324. The Hall–Kier alpha value is -0.490. The molecule has 96 valence electrons. The summed E-state index contributed by atoms with van der Waals surface area (Å²) in [6.45, 7) is 8.84. The second-order valence-corrected chi connectivity index (χ2v) is 6.11. The standard InChI is InChI=1S/C16H25Cl/c1-12(2)15-10-8-14(9-11-15)6-5-7-16(17)13(3)4/h8-13,16H,5-7H2,1-4H3. The number of aryl methyl sites for hydroxylation is 1. The molecule has 0 bridgehead atoms. The molecule has 1 rings (SSSR count). The van der Waals surface area contributed by atoms with Crippen LogP contribution in [0.1, 0.15) is 57.6 Å². The fourth-order valence-electron chi connectivity index (χ4n) is 1.90. The lowest BCUT2D eigenvalue weighted by atomic mass is 9.98. The van der Waals surface area contributed by atoms with Gasteiger partial charge >= 0.3 is 0 Å². The van der Waals surface area contributed by atoms with E-state index in [4.69, 9.17) is 11.6 Å². The number of benzene rings is 1. The molecule has 0 radical (unpaired) electrons. The summed E-state index contributed by atoms with van der Waals surface area (Å²) in [7, 11) is 0. The van der Waals surface area contributed by atoms with Gasteiger partial charge < -0.3 is 0 Å². The fraction of sp³-hybridized carbons (Fsp3) is 0.625. The Kier molecular flexibility index (Phi) is 6.05. The van der Waals surface area contributed by atoms with E-state index in [0.29, 0.717) is 17.2 Å². The normalized spacial score (nSPS) is 13.4. The van der Waals surface area contributed by atoms with E-state index in [1.54, 1.807) is 0 Å². The molecular formula is C16H25Cl. The van der Waals surface area contributed by atoms with Crippen molar-refractivity contribution in [2.75, 3.05) is 0 Å². The second-order valence-electron chi connectivity index (χ2n) is 5.55. The van der Waals surface area contributed by atoms with Crippen LogP contribution in [0.5, 0.6) is 0 Å². The van der Waals surface area contributed by atoms with Crippen LogP contribution in [0.4, 0.5) is 0 Å². The van der Waals surface area contributed by atoms with Gasteiger partial charge in [-0.1, -0.05) is 52.0 Å². The fourth-order valence-corrected chi connectivity index (χ4v) is 2.06. The molecule has 0 aliphatic carbocycles. The van der Waals surface area contributed by atoms with Gasteiger partial charge in [0.2, 0.25) is 0 Å². The minimum atomic E-state index is 0.324. The van der Waals surface area contributed by atoms with Crippen molar-refractivity contribution >= 4 is 11.6 Å². The van der Waals surface area contributed by atoms with Crippen LogP contribution >= 0.6 is 11.6 Å². The smallest absolute Gasteiger partial charge is 0.0359 e. The van der Waals surface area contributed by atoms with Gasteiger partial charge in [0.25, 0.3) is 0 Å². The molecule has 0 aliphatic rings. The number of halogens is 1. The molecule has 0 saturated heterocycles. The van der Waals surface area contributed by atoms with Crippen molar-refractivity contribution in [2.24, 2.45) is 5.92 Å². The summed E-state index contributed by atoms with van der Waals surface area (Å²) in [6, 6.07) is 9.02. The van der Waals surface area contributed by atoms with Gasteiger partial charge in [0.05, 0.1) is 0 Å². The molecule has 0 spiro atoms. The molecule has 1 unspecified atom stereocenters. The molecule has 0 aromatic heterocycles. The molecule has 1 atom stereocenters. The Morgan fingerprint density at radius 2 is 1.59 bits per heavy atom. The number of hydrogen-bond donors (Lipinski definition) is 0. The Labute approximate surface area is 111 Å². The van der Waals surface area contributed by atoms with E-state index in [1.165, 1.54) is 17.5 Å². The highest BCUT2D eigenvalue weighted by Crippen LogP contribution is 2.19. The van der Waals surface area contributed by atoms with Crippen LogP contribution in [-0.4, -0.2) is 5.38 Å². The van der Waals surface area contributed by atoms with Crippen LogP contribution in [-0.2, 0) is 6.42 Å². The Morgan fingerprint density at radius 1 is 1.00 bits per heavy atom. The second kappa shape index (κ2) is 7.06. The lowest BCUT2D eigenvalue weighted by Gasteiger charge is -2.13. The molecule has 0 N–H and O–H groups in total. The summed E-state index contributed by atoms with van der Waals surface area (Å²) in [6.07, 6.45) is 3.45. The average molecular weight is 253 g/mol. The molecule has 1 aromatic rings. The third kappa shape index (κ3) is 5.12. The van der Waals surface area contributed by atoms with Gasteiger partial charge in [0.1, 0.15) is 0 Å². The van der Waals surface area contributed by atoms with Gasteiger partial charge in [-0.25, -0.2) is 0 Å². The van der Waals surface area contributed by atoms with E-state index in [9.17, 15) is 0 Å². The predicted molar refractivity (Wildman–Crippen MR) is 77.9 cm³/mol. The van der Waals surface area contributed by atoms with E-state index >= 15 is 0 Å². The maximum atomic E-state index is 6.25. The quantitative estimate of drug-likeness (QED) is 0.595. The van der Waals surface area contributed by atoms with Gasteiger partial charge in [-0.15, -0.1) is 11.6 Å². The molecule has 1 aromatic carbocycles. The average Bonchev–Trinajstić information content (AvgIpc) is 2.29. The van der Waals surface area contributed by atoms with Crippen molar-refractivity contribution in [2.45, 2.75) is 58.3 Å². The van der Waals surface area contributed by atoms with Crippen LogP contribution in [0.15, 0.2) is 24.3 Å². The van der Waals surface area contributed by atoms with Gasteiger partial charge in [0, 0.05) is 5.38 Å². The van der Waals surface area contributed by atoms with Crippen molar-refractivity contribution in [3.8, 4) is 0 Å². The first kappa shape index (κ1) is 14.6. The van der Waals surface area contributed by atoms with Crippen molar-refractivity contribution in [1.29, 1.82) is 0 Å². The van der Waals surface area contributed by atoms with Crippen LogP contribution < -0.4 is 0 Å². The van der Waals surface area contributed by atoms with E-state index in [-0.39, 0.29) is 0 Å². The number of rotatable bonds is 6. The third-order valence-corrected chi connectivity index (χ3v) is 4.04. The minimum Gasteiger partial charge on any atom is -0.123 e. The summed E-state index contributed by atoms with van der Waals surface area (Å²) < 4.78 is 0. The van der Waals surface area contributed by atoms with Crippen molar-refractivity contribution in [3.63, 3.8) is 0 Å². The van der Waals surface area contributed by atoms with Crippen LogP contribution in [0.25, 0.3) is 0 Å². The van der Waals surface area contributed by atoms with Crippen LogP contribution in [0, 0.1) is 5.92 Å². The largest absolute Gasteiger partial charge is 0.123 e. The topological polar surface area (TPSA) is 0 Å². The lowest BCUT2D eigenvalue weighted by Crippen LogP contribution is -2.07. The molecule has 0 saturated carbocycles. The van der Waals surface area contributed by atoms with Crippen molar-refractivity contribution in [1.82, 2.24) is 0 Å². The Morgan fingerprint density at radius 3 is 2.06 bits per heavy atom. The molecule has 17 heavy (non-hydrogen) atoms. The highest BCUT2D eigenvalue weighted by molar-refractivity contribution is 6.20. The first-order valence-corrected chi connectivity index (χ1v) is 7.17. The molecule has 0 heterocycles. The van der Waals surface area contributed by atoms with E-state index in [2.05, 4.69) is 52.0 Å². The molecule has 1 heteroatoms. The first-order chi connectivity index (χ1) is 8.00. The highest BCUT2D eigenvalue weighted by atomic mass is 35.5. The zero-order chi connectivity index (χ0) is 12.8. The van der Waals surface area contributed by atoms with Gasteiger partial charge in [-0.2, -0.15) is 0 Å². The Bertz CT molecular complexity index is 311. The molecule has 0 aliphatic heterocycles. The zero-order valence-corrected chi connectivity index (χ0v) is 12.3. The maximum Gasteiger partial charge on any atom is 0.0359 e. The van der Waals surface area contributed by atoms with Crippen molar-refractivity contribution in [3.05, 3.63) is 35.4 Å². The van der Waals surface area contributed by atoms with Gasteiger partial charge in [0.15, 0.2) is 0 Å².